The second-order valence-electron chi connectivity index (χ2n) is 6.29. The summed E-state index contributed by atoms with van der Waals surface area (Å²) in [5.74, 6) is 1.36. The lowest BCUT2D eigenvalue weighted by Crippen LogP contribution is -2.25. The van der Waals surface area contributed by atoms with Gasteiger partial charge in [-0.2, -0.15) is 0 Å². The third-order valence-electron chi connectivity index (χ3n) is 4.41. The number of carbonyl (C=O) groups is 1. The zero-order valence-corrected chi connectivity index (χ0v) is 17.2. The number of urea groups is 1. The van der Waals surface area contributed by atoms with Crippen LogP contribution < -0.4 is 29.1 Å². The maximum absolute atomic E-state index is 12.4. The Bertz CT molecular complexity index is 984. The first kappa shape index (κ1) is 20.6. The first-order valence-corrected chi connectivity index (χ1v) is 10.5. The van der Waals surface area contributed by atoms with Crippen molar-refractivity contribution in [3.63, 3.8) is 0 Å². The van der Waals surface area contributed by atoms with Crippen LogP contribution in [0, 0.1) is 0 Å². The highest BCUT2D eigenvalue weighted by atomic mass is 32.2. The summed E-state index contributed by atoms with van der Waals surface area (Å²) in [5.41, 5.74) is 1.43. The molecule has 2 N–H and O–H groups in total. The van der Waals surface area contributed by atoms with Gasteiger partial charge in [-0.05, 0) is 24.6 Å². The molecule has 10 heteroatoms. The Morgan fingerprint density at radius 1 is 0.966 bits per heavy atom. The molecule has 0 aliphatic carbocycles. The number of nitrogens with zero attached hydrogens (tertiary/aromatic N) is 1. The van der Waals surface area contributed by atoms with E-state index < -0.39 is 16.1 Å². The Hall–Kier alpha value is -3.14. The molecule has 1 aliphatic heterocycles. The van der Waals surface area contributed by atoms with Crippen LogP contribution in [0.2, 0.25) is 0 Å². The molecule has 1 aliphatic rings. The molecule has 1 fully saturated rings. The molecule has 0 atom stereocenters. The van der Waals surface area contributed by atoms with Crippen molar-refractivity contribution in [3.05, 3.63) is 36.4 Å². The molecule has 0 bridgehead atoms. The second kappa shape index (κ2) is 8.48. The van der Waals surface area contributed by atoms with Crippen LogP contribution in [-0.2, 0) is 10.0 Å². The van der Waals surface area contributed by atoms with E-state index in [1.807, 2.05) is 0 Å². The van der Waals surface area contributed by atoms with E-state index in [1.165, 1.54) is 25.6 Å². The summed E-state index contributed by atoms with van der Waals surface area (Å²) in [5, 5.41) is 5.40. The number of sulfonamides is 1. The van der Waals surface area contributed by atoms with Gasteiger partial charge in [-0.15, -0.1) is 0 Å². The van der Waals surface area contributed by atoms with Gasteiger partial charge in [0, 0.05) is 24.4 Å². The summed E-state index contributed by atoms with van der Waals surface area (Å²) >= 11 is 0. The van der Waals surface area contributed by atoms with Crippen LogP contribution in [0.5, 0.6) is 17.2 Å². The summed E-state index contributed by atoms with van der Waals surface area (Å²) in [7, 11) is 1.17. The molecule has 156 valence electrons. The number of methoxy groups -OCH3 is 3. The number of rotatable bonds is 6. The molecule has 3 rings (SSSR count). The monoisotopic (exact) mass is 421 g/mol. The molecule has 0 unspecified atom stereocenters. The van der Waals surface area contributed by atoms with E-state index in [4.69, 9.17) is 14.2 Å². The average molecular weight is 421 g/mol. The van der Waals surface area contributed by atoms with Crippen LogP contribution in [0.1, 0.15) is 6.42 Å². The highest BCUT2D eigenvalue weighted by molar-refractivity contribution is 7.93. The lowest BCUT2D eigenvalue weighted by Gasteiger charge is -2.18. The predicted molar refractivity (Wildman–Crippen MR) is 111 cm³/mol. The first-order valence-electron chi connectivity index (χ1n) is 8.86. The maximum atomic E-state index is 12.4. The first-order chi connectivity index (χ1) is 13.9. The van der Waals surface area contributed by atoms with Crippen LogP contribution in [0.25, 0.3) is 0 Å². The minimum atomic E-state index is -3.29. The fourth-order valence-electron chi connectivity index (χ4n) is 3.12. The Morgan fingerprint density at radius 3 is 2.17 bits per heavy atom. The number of hydrogen-bond acceptors (Lipinski definition) is 6. The minimum Gasteiger partial charge on any atom is -0.493 e. The van der Waals surface area contributed by atoms with Crippen molar-refractivity contribution < 1.29 is 27.4 Å². The molecule has 0 radical (unpaired) electrons. The highest BCUT2D eigenvalue weighted by Gasteiger charge is 2.28. The number of amides is 2. The number of carbonyl (C=O) groups excluding carboxylic acids is 1. The summed E-state index contributed by atoms with van der Waals surface area (Å²) in [4.78, 5) is 12.4. The normalized spacial score (nSPS) is 14.9. The van der Waals surface area contributed by atoms with E-state index in [0.29, 0.717) is 47.3 Å². The number of anilines is 3. The van der Waals surface area contributed by atoms with Crippen LogP contribution in [0.15, 0.2) is 36.4 Å². The van der Waals surface area contributed by atoms with Crippen LogP contribution in [0.4, 0.5) is 21.9 Å². The lowest BCUT2D eigenvalue weighted by atomic mass is 10.2. The van der Waals surface area contributed by atoms with E-state index in [0.717, 1.165) is 0 Å². The fourth-order valence-corrected chi connectivity index (χ4v) is 4.67. The summed E-state index contributed by atoms with van der Waals surface area (Å²) < 4.78 is 41.4. The number of nitrogens with one attached hydrogen (secondary N) is 2. The number of ether oxygens (including phenoxy) is 3. The summed E-state index contributed by atoms with van der Waals surface area (Å²) in [6.45, 7) is 0.434. The van der Waals surface area contributed by atoms with Gasteiger partial charge in [0.05, 0.1) is 38.5 Å². The average Bonchev–Trinajstić information content (AvgIpc) is 3.06. The van der Waals surface area contributed by atoms with Gasteiger partial charge in [0.1, 0.15) is 0 Å². The van der Waals surface area contributed by atoms with Gasteiger partial charge in [0.25, 0.3) is 0 Å². The molecule has 29 heavy (non-hydrogen) atoms. The van der Waals surface area contributed by atoms with E-state index in [2.05, 4.69) is 10.6 Å². The van der Waals surface area contributed by atoms with Gasteiger partial charge in [-0.1, -0.05) is 6.07 Å². The molecule has 2 aromatic carbocycles. The standard InChI is InChI=1S/C19H23N3O6S/c1-26-16-11-14(12-17(27-2)18(16)28-3)21-19(23)20-13-6-4-7-15(10-13)22-8-5-9-29(22,24)25/h4,6-7,10-12H,5,8-9H2,1-3H3,(H2,20,21,23). The minimum absolute atomic E-state index is 0.131. The molecule has 2 amide bonds. The van der Waals surface area contributed by atoms with Crippen molar-refractivity contribution in [3.8, 4) is 17.2 Å². The molecule has 2 aromatic rings. The van der Waals surface area contributed by atoms with Gasteiger partial charge in [0.2, 0.25) is 15.8 Å². The fraction of sp³-hybridized carbons (Fsp3) is 0.316. The molecule has 9 nitrogen and oxygen atoms in total. The molecule has 1 heterocycles. The van der Waals surface area contributed by atoms with Gasteiger partial charge < -0.3 is 24.8 Å². The lowest BCUT2D eigenvalue weighted by molar-refractivity contribution is 0.262. The largest absolute Gasteiger partial charge is 0.493 e. The van der Waals surface area contributed by atoms with Gasteiger partial charge in [-0.25, -0.2) is 13.2 Å². The Labute approximate surface area is 169 Å². The quantitative estimate of drug-likeness (QED) is 0.743. The molecule has 1 saturated heterocycles. The van der Waals surface area contributed by atoms with Gasteiger partial charge in [-0.3, -0.25) is 4.31 Å². The van der Waals surface area contributed by atoms with E-state index in [9.17, 15) is 13.2 Å². The zero-order chi connectivity index (χ0) is 21.0. The van der Waals surface area contributed by atoms with Crippen molar-refractivity contribution >= 4 is 33.1 Å². The third kappa shape index (κ3) is 4.48. The molecular weight excluding hydrogens is 398 g/mol. The Kier molecular flexibility index (Phi) is 6.02. The van der Waals surface area contributed by atoms with Crippen molar-refractivity contribution in [1.82, 2.24) is 0 Å². The van der Waals surface area contributed by atoms with Crippen molar-refractivity contribution in [2.45, 2.75) is 6.42 Å². The van der Waals surface area contributed by atoms with E-state index >= 15 is 0 Å². The van der Waals surface area contributed by atoms with E-state index in [-0.39, 0.29) is 5.75 Å². The SMILES string of the molecule is COc1cc(NC(=O)Nc2cccc(N3CCCS3(=O)=O)c2)cc(OC)c1OC. The zero-order valence-electron chi connectivity index (χ0n) is 16.4. The molecular formula is C19H23N3O6S. The van der Waals surface area contributed by atoms with Crippen LogP contribution >= 0.6 is 0 Å². The maximum Gasteiger partial charge on any atom is 0.323 e. The smallest absolute Gasteiger partial charge is 0.323 e. The van der Waals surface area contributed by atoms with Crippen LogP contribution in [-0.4, -0.2) is 48.1 Å². The summed E-state index contributed by atoms with van der Waals surface area (Å²) in [6.07, 6.45) is 0.585. The van der Waals surface area contributed by atoms with E-state index in [1.54, 1.807) is 36.4 Å². The van der Waals surface area contributed by atoms with Crippen molar-refractivity contribution in [2.75, 3.05) is 48.6 Å². The molecule has 0 spiro atoms. The second-order valence-corrected chi connectivity index (χ2v) is 8.30. The predicted octanol–water partition coefficient (Wildman–Crippen LogP) is 2.90. The highest BCUT2D eigenvalue weighted by Crippen LogP contribution is 2.40. The van der Waals surface area contributed by atoms with Crippen molar-refractivity contribution in [2.24, 2.45) is 0 Å². The summed E-state index contributed by atoms with van der Waals surface area (Å²) in [6, 6.07) is 9.41. The van der Waals surface area contributed by atoms with Crippen molar-refractivity contribution in [1.29, 1.82) is 0 Å². The molecule has 0 saturated carbocycles. The van der Waals surface area contributed by atoms with Gasteiger partial charge in [0.15, 0.2) is 11.5 Å². The number of benzene rings is 2. The molecule has 0 aromatic heterocycles. The van der Waals surface area contributed by atoms with Gasteiger partial charge >= 0.3 is 6.03 Å². The topological polar surface area (TPSA) is 106 Å². The third-order valence-corrected chi connectivity index (χ3v) is 6.28. The Balaban J connectivity index is 1.76. The number of hydrogen-bond donors (Lipinski definition) is 2. The van der Waals surface area contributed by atoms with Crippen LogP contribution in [0.3, 0.4) is 0 Å². The Morgan fingerprint density at radius 2 is 1.62 bits per heavy atom.